The van der Waals surface area contributed by atoms with Crippen LogP contribution in [-0.4, -0.2) is 38.0 Å². The molecule has 0 saturated heterocycles. The van der Waals surface area contributed by atoms with E-state index in [0.717, 1.165) is 0 Å². The molecule has 0 bridgehead atoms. The summed E-state index contributed by atoms with van der Waals surface area (Å²) >= 11 is 0. The molecule has 0 amide bonds. The molecule has 0 aromatic carbocycles. The minimum Gasteiger partial charge on any atom is -0.478 e. The Kier molecular flexibility index (Phi) is 6.05. The van der Waals surface area contributed by atoms with E-state index in [4.69, 9.17) is 14.2 Å². The van der Waals surface area contributed by atoms with Crippen molar-refractivity contribution in [3.63, 3.8) is 0 Å². The van der Waals surface area contributed by atoms with Crippen molar-refractivity contribution in [2.24, 2.45) is 10.9 Å². The second-order valence-electron chi connectivity index (χ2n) is 3.78. The first-order chi connectivity index (χ1) is 9.13. The van der Waals surface area contributed by atoms with Crippen LogP contribution in [0.2, 0.25) is 0 Å². The molecular weight excluding hydrogens is 250 g/mol. The maximum atomic E-state index is 11.8. The molecule has 0 aliphatic carbocycles. The fraction of sp³-hybridized carbons (Fsp3) is 0.615. The number of esters is 2. The Hall–Kier alpha value is -1.85. The Labute approximate surface area is 112 Å². The third-order valence-corrected chi connectivity index (χ3v) is 2.45. The second-order valence-corrected chi connectivity index (χ2v) is 3.78. The van der Waals surface area contributed by atoms with Gasteiger partial charge in [-0.1, -0.05) is 0 Å². The van der Waals surface area contributed by atoms with Gasteiger partial charge in [-0.25, -0.2) is 9.79 Å². The summed E-state index contributed by atoms with van der Waals surface area (Å²) in [6.07, 6.45) is 1.64. The van der Waals surface area contributed by atoms with Crippen molar-refractivity contribution in [1.29, 1.82) is 0 Å². The lowest BCUT2D eigenvalue weighted by molar-refractivity contribution is -0.145. The molecule has 1 aliphatic rings. The molecule has 1 atom stereocenters. The van der Waals surface area contributed by atoms with E-state index in [1.807, 2.05) is 0 Å². The largest absolute Gasteiger partial charge is 0.478 e. The topological polar surface area (TPSA) is 74.2 Å². The third kappa shape index (κ3) is 4.08. The van der Waals surface area contributed by atoms with Crippen molar-refractivity contribution < 1.29 is 23.8 Å². The van der Waals surface area contributed by atoms with Crippen LogP contribution in [0.15, 0.2) is 16.4 Å². The quantitative estimate of drug-likeness (QED) is 0.682. The van der Waals surface area contributed by atoms with Crippen LogP contribution < -0.4 is 0 Å². The van der Waals surface area contributed by atoms with Crippen molar-refractivity contribution in [1.82, 2.24) is 0 Å². The van der Waals surface area contributed by atoms with Gasteiger partial charge < -0.3 is 14.2 Å². The predicted octanol–water partition coefficient (Wildman–Crippen LogP) is 1.45. The van der Waals surface area contributed by atoms with Crippen LogP contribution in [0.25, 0.3) is 0 Å². The summed E-state index contributed by atoms with van der Waals surface area (Å²) in [5.74, 6) is -1.24. The van der Waals surface area contributed by atoms with Crippen LogP contribution in [0.1, 0.15) is 27.2 Å². The highest BCUT2D eigenvalue weighted by atomic mass is 16.5. The highest BCUT2D eigenvalue weighted by molar-refractivity contribution is 5.96. The van der Waals surface area contributed by atoms with E-state index in [0.29, 0.717) is 13.2 Å². The fourth-order valence-electron chi connectivity index (χ4n) is 1.64. The van der Waals surface area contributed by atoms with E-state index in [1.54, 1.807) is 20.8 Å². The van der Waals surface area contributed by atoms with Crippen LogP contribution in [0.4, 0.5) is 0 Å². The van der Waals surface area contributed by atoms with Gasteiger partial charge >= 0.3 is 11.9 Å². The number of aliphatic imine (C=N–C) groups is 1. The van der Waals surface area contributed by atoms with Gasteiger partial charge in [-0.15, -0.1) is 0 Å². The normalized spacial score (nSPS) is 18.2. The Morgan fingerprint density at radius 1 is 1.21 bits per heavy atom. The SMILES string of the molecule is CCOC(=O)C1=C(OCC)N=CC(C(=O)OCC)C1. The van der Waals surface area contributed by atoms with Crippen molar-refractivity contribution in [2.45, 2.75) is 27.2 Å². The first kappa shape index (κ1) is 15.2. The molecule has 1 aliphatic heterocycles. The van der Waals surface area contributed by atoms with Gasteiger partial charge in [0.2, 0.25) is 5.88 Å². The van der Waals surface area contributed by atoms with E-state index >= 15 is 0 Å². The number of rotatable bonds is 6. The summed E-state index contributed by atoms with van der Waals surface area (Å²) in [4.78, 5) is 27.5. The molecule has 1 heterocycles. The lowest BCUT2D eigenvalue weighted by Gasteiger charge is -2.19. The highest BCUT2D eigenvalue weighted by Crippen LogP contribution is 2.24. The zero-order chi connectivity index (χ0) is 14.3. The average molecular weight is 269 g/mol. The summed E-state index contributed by atoms with van der Waals surface area (Å²) in [6.45, 7) is 6.18. The maximum Gasteiger partial charge on any atom is 0.339 e. The molecule has 1 rings (SSSR count). The van der Waals surface area contributed by atoms with Gasteiger partial charge in [-0.05, 0) is 20.8 Å². The van der Waals surface area contributed by atoms with Crippen LogP contribution in [0, 0.1) is 5.92 Å². The van der Waals surface area contributed by atoms with Crippen LogP contribution in [-0.2, 0) is 23.8 Å². The van der Waals surface area contributed by atoms with E-state index < -0.39 is 17.9 Å². The van der Waals surface area contributed by atoms with E-state index in [2.05, 4.69) is 4.99 Å². The Morgan fingerprint density at radius 3 is 2.47 bits per heavy atom. The lowest BCUT2D eigenvalue weighted by atomic mass is 9.98. The van der Waals surface area contributed by atoms with Crippen molar-refractivity contribution in [2.75, 3.05) is 19.8 Å². The first-order valence-electron chi connectivity index (χ1n) is 6.37. The molecule has 0 saturated carbocycles. The monoisotopic (exact) mass is 269 g/mol. The van der Waals surface area contributed by atoms with Crippen LogP contribution in [0.5, 0.6) is 0 Å². The predicted molar refractivity (Wildman–Crippen MR) is 68.5 cm³/mol. The molecule has 6 nitrogen and oxygen atoms in total. The van der Waals surface area contributed by atoms with Crippen molar-refractivity contribution in [3.05, 3.63) is 11.5 Å². The molecule has 0 N–H and O–H groups in total. The molecule has 0 aromatic heterocycles. The number of ether oxygens (including phenoxy) is 3. The summed E-state index contributed by atoms with van der Waals surface area (Å²) in [5, 5.41) is 0. The van der Waals surface area contributed by atoms with Gasteiger partial charge in [0.25, 0.3) is 0 Å². The summed E-state index contributed by atoms with van der Waals surface area (Å²) in [7, 11) is 0. The minimum absolute atomic E-state index is 0.191. The molecule has 0 fully saturated rings. The van der Waals surface area contributed by atoms with E-state index in [1.165, 1.54) is 6.21 Å². The van der Waals surface area contributed by atoms with Gasteiger partial charge in [0.15, 0.2) is 0 Å². The number of hydrogen-bond donors (Lipinski definition) is 0. The van der Waals surface area contributed by atoms with Crippen LogP contribution >= 0.6 is 0 Å². The van der Waals surface area contributed by atoms with Gasteiger partial charge in [-0.2, -0.15) is 0 Å². The fourth-order valence-corrected chi connectivity index (χ4v) is 1.64. The number of carbonyl (C=O) groups excluding carboxylic acids is 2. The molecule has 19 heavy (non-hydrogen) atoms. The number of carbonyl (C=O) groups is 2. The average Bonchev–Trinajstić information content (AvgIpc) is 2.40. The summed E-state index contributed by atoms with van der Waals surface area (Å²) < 4.78 is 15.1. The zero-order valence-corrected chi connectivity index (χ0v) is 11.5. The molecule has 0 radical (unpaired) electrons. The van der Waals surface area contributed by atoms with Gasteiger partial charge in [-0.3, -0.25) is 4.79 Å². The number of hydrogen-bond acceptors (Lipinski definition) is 6. The van der Waals surface area contributed by atoms with Crippen LogP contribution in [0.3, 0.4) is 0 Å². The molecule has 1 unspecified atom stereocenters. The third-order valence-electron chi connectivity index (χ3n) is 2.45. The second kappa shape index (κ2) is 7.56. The molecular formula is C13H19NO5. The smallest absolute Gasteiger partial charge is 0.339 e. The summed E-state index contributed by atoms with van der Waals surface area (Å²) in [5.41, 5.74) is 0.282. The molecule has 106 valence electrons. The van der Waals surface area contributed by atoms with Crippen molar-refractivity contribution >= 4 is 18.2 Å². The van der Waals surface area contributed by atoms with E-state index in [9.17, 15) is 9.59 Å². The Morgan fingerprint density at radius 2 is 1.89 bits per heavy atom. The Bertz CT molecular complexity index is 400. The first-order valence-corrected chi connectivity index (χ1v) is 6.37. The van der Waals surface area contributed by atoms with Gasteiger partial charge in [0.05, 0.1) is 25.7 Å². The number of nitrogens with zero attached hydrogens (tertiary/aromatic N) is 1. The minimum atomic E-state index is -0.566. The van der Waals surface area contributed by atoms with Gasteiger partial charge in [0.1, 0.15) is 5.57 Å². The highest BCUT2D eigenvalue weighted by Gasteiger charge is 2.30. The standard InChI is InChI=1S/C13H19NO5/c1-4-17-11-10(13(16)19-6-3)7-9(8-14-11)12(15)18-5-2/h8-9H,4-7H2,1-3H3. The summed E-state index contributed by atoms with van der Waals surface area (Å²) in [6, 6.07) is 0. The maximum absolute atomic E-state index is 11.8. The molecule has 0 aromatic rings. The zero-order valence-electron chi connectivity index (χ0n) is 11.5. The molecule has 0 spiro atoms. The van der Waals surface area contributed by atoms with Gasteiger partial charge in [0, 0.05) is 12.6 Å². The van der Waals surface area contributed by atoms with E-state index in [-0.39, 0.29) is 24.5 Å². The van der Waals surface area contributed by atoms with Crippen molar-refractivity contribution in [3.8, 4) is 0 Å². The molecule has 6 heteroatoms. The lowest BCUT2D eigenvalue weighted by Crippen LogP contribution is -2.26. The Balaban J connectivity index is 2.87.